The van der Waals surface area contributed by atoms with E-state index < -0.39 is 0 Å². The lowest BCUT2D eigenvalue weighted by Gasteiger charge is -2.33. The minimum atomic E-state index is 0.165. The fourth-order valence-corrected chi connectivity index (χ4v) is 3.01. The van der Waals surface area contributed by atoms with Gasteiger partial charge in [0.15, 0.2) is 0 Å². The van der Waals surface area contributed by atoms with Crippen LogP contribution in [0.1, 0.15) is 31.2 Å². The summed E-state index contributed by atoms with van der Waals surface area (Å²) >= 11 is 6.34. The topological polar surface area (TPSA) is 49.5 Å². The van der Waals surface area contributed by atoms with Gasteiger partial charge >= 0.3 is 0 Å². The van der Waals surface area contributed by atoms with E-state index in [1.807, 2.05) is 18.2 Å². The van der Waals surface area contributed by atoms with Gasteiger partial charge in [0.25, 0.3) is 0 Å². The third kappa shape index (κ3) is 2.79. The number of nitrogens with zero attached hydrogens (tertiary/aromatic N) is 1. The first-order chi connectivity index (χ1) is 8.77. The van der Waals surface area contributed by atoms with Crippen LogP contribution in [-0.2, 0) is 6.54 Å². The molecule has 4 heteroatoms. The molecule has 1 heterocycles. The lowest BCUT2D eigenvalue weighted by molar-refractivity contribution is 0.255. The van der Waals surface area contributed by atoms with E-state index in [9.17, 15) is 5.11 Å². The minimum Gasteiger partial charge on any atom is -0.394 e. The van der Waals surface area contributed by atoms with Gasteiger partial charge in [0.05, 0.1) is 23.4 Å². The Hall–Kier alpha value is -0.770. The number of para-hydroxylation sites is 1. The predicted octanol–water partition coefficient (Wildman–Crippen LogP) is 2.54. The van der Waals surface area contributed by atoms with Crippen molar-refractivity contribution in [2.24, 2.45) is 5.73 Å². The number of anilines is 1. The molecule has 3 nitrogen and oxygen atoms in total. The van der Waals surface area contributed by atoms with Gasteiger partial charge in [0.1, 0.15) is 0 Å². The third-order valence-electron chi connectivity index (χ3n) is 3.67. The van der Waals surface area contributed by atoms with Crippen molar-refractivity contribution in [2.45, 2.75) is 38.3 Å². The Labute approximate surface area is 114 Å². The molecule has 2 rings (SSSR count). The number of benzene rings is 1. The van der Waals surface area contributed by atoms with E-state index in [1.165, 1.54) is 12.8 Å². The molecular formula is C14H21ClN2O. The number of rotatable bonds is 3. The summed E-state index contributed by atoms with van der Waals surface area (Å²) in [5.41, 5.74) is 7.88. The Balaban J connectivity index is 2.37. The smallest absolute Gasteiger partial charge is 0.0643 e. The molecule has 1 unspecified atom stereocenters. The Morgan fingerprint density at radius 1 is 1.33 bits per heavy atom. The predicted molar refractivity (Wildman–Crippen MR) is 76.0 cm³/mol. The molecule has 1 aliphatic heterocycles. The molecule has 0 bridgehead atoms. The molecule has 100 valence electrons. The van der Waals surface area contributed by atoms with Crippen molar-refractivity contribution in [1.29, 1.82) is 0 Å². The fourth-order valence-electron chi connectivity index (χ4n) is 2.71. The molecule has 0 spiro atoms. The number of halogens is 1. The van der Waals surface area contributed by atoms with Crippen molar-refractivity contribution in [1.82, 2.24) is 0 Å². The van der Waals surface area contributed by atoms with Crippen LogP contribution in [0.5, 0.6) is 0 Å². The molecule has 0 aromatic heterocycles. The first-order valence-corrected chi connectivity index (χ1v) is 7.00. The number of aliphatic hydroxyl groups is 1. The highest BCUT2D eigenvalue weighted by Crippen LogP contribution is 2.33. The van der Waals surface area contributed by atoms with Crippen molar-refractivity contribution >= 4 is 17.3 Å². The quantitative estimate of drug-likeness (QED) is 0.886. The van der Waals surface area contributed by atoms with Gasteiger partial charge in [-0.2, -0.15) is 0 Å². The van der Waals surface area contributed by atoms with Crippen LogP contribution >= 0.6 is 11.6 Å². The molecule has 3 N–H and O–H groups in total. The maximum atomic E-state index is 9.59. The molecular weight excluding hydrogens is 248 g/mol. The highest BCUT2D eigenvalue weighted by Gasteiger charge is 2.23. The van der Waals surface area contributed by atoms with Gasteiger partial charge < -0.3 is 15.7 Å². The minimum absolute atomic E-state index is 0.165. The monoisotopic (exact) mass is 268 g/mol. The summed E-state index contributed by atoms with van der Waals surface area (Å²) in [7, 11) is 0. The first-order valence-electron chi connectivity index (χ1n) is 6.63. The zero-order valence-electron chi connectivity index (χ0n) is 10.6. The Morgan fingerprint density at radius 3 is 2.89 bits per heavy atom. The van der Waals surface area contributed by atoms with E-state index in [-0.39, 0.29) is 12.6 Å². The maximum Gasteiger partial charge on any atom is 0.0643 e. The van der Waals surface area contributed by atoms with Crippen molar-refractivity contribution in [3.05, 3.63) is 28.8 Å². The van der Waals surface area contributed by atoms with E-state index in [4.69, 9.17) is 17.3 Å². The Kier molecular flexibility index (Phi) is 4.87. The van der Waals surface area contributed by atoms with Crippen LogP contribution in [0.15, 0.2) is 18.2 Å². The molecule has 1 aliphatic rings. The number of hydrogen-bond acceptors (Lipinski definition) is 3. The fraction of sp³-hybridized carbons (Fsp3) is 0.571. The number of nitrogens with two attached hydrogens (primary N) is 1. The van der Waals surface area contributed by atoms with Crippen molar-refractivity contribution in [3.8, 4) is 0 Å². The second-order valence-corrected chi connectivity index (χ2v) is 5.24. The van der Waals surface area contributed by atoms with Gasteiger partial charge in [-0.3, -0.25) is 0 Å². The molecule has 0 radical (unpaired) electrons. The van der Waals surface area contributed by atoms with Gasteiger partial charge in [0.2, 0.25) is 0 Å². The third-order valence-corrected chi connectivity index (χ3v) is 3.97. The van der Waals surface area contributed by atoms with Crippen molar-refractivity contribution < 1.29 is 5.11 Å². The zero-order chi connectivity index (χ0) is 13.0. The molecule has 0 saturated carbocycles. The summed E-state index contributed by atoms with van der Waals surface area (Å²) in [6.07, 6.45) is 4.55. The maximum absolute atomic E-state index is 9.59. The first kappa shape index (κ1) is 13.7. The molecule has 1 fully saturated rings. The summed E-state index contributed by atoms with van der Waals surface area (Å²) in [4.78, 5) is 2.25. The summed E-state index contributed by atoms with van der Waals surface area (Å²) < 4.78 is 0. The summed E-state index contributed by atoms with van der Waals surface area (Å²) in [5.74, 6) is 0. The highest BCUT2D eigenvalue weighted by molar-refractivity contribution is 6.33. The molecule has 0 amide bonds. The molecule has 1 aromatic rings. The lowest BCUT2D eigenvalue weighted by Crippen LogP contribution is -2.38. The lowest BCUT2D eigenvalue weighted by atomic mass is 10.1. The molecule has 0 aliphatic carbocycles. The van der Waals surface area contributed by atoms with Crippen LogP contribution < -0.4 is 10.6 Å². The zero-order valence-corrected chi connectivity index (χ0v) is 11.4. The van der Waals surface area contributed by atoms with E-state index in [2.05, 4.69) is 4.90 Å². The van der Waals surface area contributed by atoms with Crippen LogP contribution in [0.2, 0.25) is 5.02 Å². The largest absolute Gasteiger partial charge is 0.394 e. The average Bonchev–Trinajstić information content (AvgIpc) is 2.63. The number of aliphatic hydroxyl groups excluding tert-OH is 1. The van der Waals surface area contributed by atoms with Crippen LogP contribution in [0.3, 0.4) is 0 Å². The number of hydrogen-bond donors (Lipinski definition) is 2. The van der Waals surface area contributed by atoms with Crippen LogP contribution in [-0.4, -0.2) is 24.3 Å². The van der Waals surface area contributed by atoms with Gasteiger partial charge in [-0.25, -0.2) is 0 Å². The highest BCUT2D eigenvalue weighted by atomic mass is 35.5. The van der Waals surface area contributed by atoms with E-state index in [0.717, 1.165) is 35.7 Å². The van der Waals surface area contributed by atoms with Gasteiger partial charge in [0, 0.05) is 13.1 Å². The second-order valence-electron chi connectivity index (χ2n) is 4.83. The van der Waals surface area contributed by atoms with E-state index in [1.54, 1.807) is 0 Å². The average molecular weight is 269 g/mol. The van der Waals surface area contributed by atoms with E-state index >= 15 is 0 Å². The summed E-state index contributed by atoms with van der Waals surface area (Å²) in [5, 5.41) is 10.3. The molecule has 1 atom stereocenters. The van der Waals surface area contributed by atoms with E-state index in [0.29, 0.717) is 6.54 Å². The van der Waals surface area contributed by atoms with Crippen molar-refractivity contribution in [2.75, 3.05) is 18.1 Å². The van der Waals surface area contributed by atoms with Crippen molar-refractivity contribution in [3.63, 3.8) is 0 Å². The summed E-state index contributed by atoms with van der Waals surface area (Å²) in [6.45, 7) is 1.60. The van der Waals surface area contributed by atoms with Gasteiger partial charge in [-0.1, -0.05) is 36.6 Å². The molecule has 18 heavy (non-hydrogen) atoms. The standard InChI is InChI=1S/C14H21ClN2O/c15-13-7-4-5-11(9-16)14(13)17-8-3-1-2-6-12(17)10-18/h4-5,7,12,18H,1-3,6,8-10,16H2. The SMILES string of the molecule is NCc1cccc(Cl)c1N1CCCCCC1CO. The molecule has 1 saturated heterocycles. The Bertz CT molecular complexity index is 397. The van der Waals surface area contributed by atoms with Crippen LogP contribution in [0, 0.1) is 0 Å². The normalized spacial score (nSPS) is 20.8. The second kappa shape index (κ2) is 6.41. The van der Waals surface area contributed by atoms with Crippen LogP contribution in [0.4, 0.5) is 5.69 Å². The van der Waals surface area contributed by atoms with Crippen LogP contribution in [0.25, 0.3) is 0 Å². The Morgan fingerprint density at radius 2 is 2.17 bits per heavy atom. The van der Waals surface area contributed by atoms with Gasteiger partial charge in [-0.05, 0) is 24.5 Å². The van der Waals surface area contributed by atoms with Gasteiger partial charge in [-0.15, -0.1) is 0 Å². The summed E-state index contributed by atoms with van der Waals surface area (Å²) in [6, 6.07) is 6.01. The molecule has 1 aromatic carbocycles.